The van der Waals surface area contributed by atoms with E-state index < -0.39 is 17.6 Å². The van der Waals surface area contributed by atoms with Gasteiger partial charge < -0.3 is 20.9 Å². The largest absolute Gasteiger partial charge is 0.416 e. The number of hydrogen-bond acceptors (Lipinski definition) is 4. The van der Waals surface area contributed by atoms with Crippen LogP contribution >= 0.6 is 0 Å². The predicted octanol–water partition coefficient (Wildman–Crippen LogP) is 5.88. The number of likely N-dealkylation sites (tertiary alicyclic amines) is 1. The van der Waals surface area contributed by atoms with Gasteiger partial charge in [0.1, 0.15) is 0 Å². The summed E-state index contributed by atoms with van der Waals surface area (Å²) in [5.74, 6) is -0.397. The molecule has 1 aliphatic rings. The number of amides is 3. The third kappa shape index (κ3) is 7.59. The van der Waals surface area contributed by atoms with E-state index in [2.05, 4.69) is 22.9 Å². The fraction of sp³-hybridized carbons (Fsp3) is 0.276. The molecule has 3 N–H and O–H groups in total. The smallest absolute Gasteiger partial charge is 0.376 e. The zero-order valence-corrected chi connectivity index (χ0v) is 21.3. The highest BCUT2D eigenvalue weighted by molar-refractivity contribution is 6.05. The topological polar surface area (TPSA) is 90.5 Å². The highest BCUT2D eigenvalue weighted by Gasteiger charge is 2.30. The fourth-order valence-corrected chi connectivity index (χ4v) is 4.26. The van der Waals surface area contributed by atoms with E-state index in [1.807, 2.05) is 4.90 Å². The summed E-state index contributed by atoms with van der Waals surface area (Å²) in [4.78, 5) is 39.8. The third-order valence-corrected chi connectivity index (χ3v) is 6.49. The minimum Gasteiger partial charge on any atom is -0.376 e. The highest BCUT2D eigenvalue weighted by Crippen LogP contribution is 2.30. The van der Waals surface area contributed by atoms with Crippen molar-refractivity contribution in [1.82, 2.24) is 4.90 Å². The maximum Gasteiger partial charge on any atom is 0.416 e. The molecule has 1 fully saturated rings. The Bertz CT molecular complexity index is 1350. The van der Waals surface area contributed by atoms with E-state index in [4.69, 9.17) is 0 Å². The van der Waals surface area contributed by atoms with Crippen molar-refractivity contribution in [2.45, 2.75) is 25.9 Å². The minimum atomic E-state index is -4.52. The maximum absolute atomic E-state index is 12.9. The quantitative estimate of drug-likeness (QED) is 0.350. The van der Waals surface area contributed by atoms with Crippen LogP contribution in [0.1, 0.15) is 46.0 Å². The summed E-state index contributed by atoms with van der Waals surface area (Å²) in [6.45, 7) is 3.51. The molecule has 4 rings (SSSR count). The number of alkyl halides is 3. The summed E-state index contributed by atoms with van der Waals surface area (Å²) in [5.41, 5.74) is 0.837. The molecule has 0 aliphatic carbocycles. The first-order valence-corrected chi connectivity index (χ1v) is 12.6. The molecule has 0 bridgehead atoms. The van der Waals surface area contributed by atoms with Gasteiger partial charge in [0, 0.05) is 41.3 Å². The van der Waals surface area contributed by atoms with Crippen molar-refractivity contribution >= 4 is 34.8 Å². The second-order valence-electron chi connectivity index (χ2n) is 9.57. The Kier molecular flexibility index (Phi) is 8.53. The van der Waals surface area contributed by atoms with Crippen molar-refractivity contribution in [2.75, 3.05) is 35.6 Å². The molecule has 0 radical (unpaired) electrons. The molecule has 3 amide bonds. The average Bonchev–Trinajstić information content (AvgIpc) is 2.92. The Hall–Kier alpha value is -4.34. The average molecular weight is 539 g/mol. The number of rotatable bonds is 7. The summed E-state index contributed by atoms with van der Waals surface area (Å²) >= 11 is 0. The minimum absolute atomic E-state index is 0.0168. The van der Waals surface area contributed by atoms with Crippen molar-refractivity contribution in [3.05, 3.63) is 89.5 Å². The zero-order chi connectivity index (χ0) is 28.0. The van der Waals surface area contributed by atoms with Gasteiger partial charge in [-0.25, -0.2) is 0 Å². The molecule has 0 aromatic heterocycles. The standard InChI is InChI=1S/C29H29F3N4O3/c1-19-11-13-36(14-12-19)28(39)21-6-3-9-24(16-21)34-26(37)18-33-23-8-2-5-20(15-23)27(38)35-25-10-4-7-22(17-25)29(30,31)32/h2-10,15-17,19,33H,11-14,18H2,1H3,(H,34,37)(H,35,38). The monoisotopic (exact) mass is 538 g/mol. The molecule has 1 saturated heterocycles. The molecule has 3 aromatic carbocycles. The molecule has 3 aromatic rings. The second kappa shape index (κ2) is 12.0. The molecule has 0 unspecified atom stereocenters. The lowest BCUT2D eigenvalue weighted by atomic mass is 9.98. The molecule has 1 aliphatic heterocycles. The molecule has 0 saturated carbocycles. The molecule has 10 heteroatoms. The summed E-state index contributed by atoms with van der Waals surface area (Å²) < 4.78 is 38.8. The number of carbonyl (C=O) groups excluding carboxylic acids is 3. The Morgan fingerprint density at radius 2 is 1.41 bits per heavy atom. The SMILES string of the molecule is CC1CCN(C(=O)c2cccc(NC(=O)CNc3cccc(C(=O)Nc4cccc(C(F)(F)F)c4)c3)c2)CC1. The first-order chi connectivity index (χ1) is 18.6. The summed E-state index contributed by atoms with van der Waals surface area (Å²) in [5, 5.41) is 8.15. The number of nitrogens with one attached hydrogen (secondary N) is 3. The number of nitrogens with zero attached hydrogens (tertiary/aromatic N) is 1. The van der Waals surface area contributed by atoms with Gasteiger partial charge in [0.2, 0.25) is 5.91 Å². The van der Waals surface area contributed by atoms with Crippen molar-refractivity contribution in [2.24, 2.45) is 5.92 Å². The van der Waals surface area contributed by atoms with Crippen molar-refractivity contribution in [3.63, 3.8) is 0 Å². The Labute approximate surface area is 224 Å². The number of benzene rings is 3. The van der Waals surface area contributed by atoms with Gasteiger partial charge in [0.05, 0.1) is 12.1 Å². The van der Waals surface area contributed by atoms with Gasteiger partial charge in [-0.2, -0.15) is 13.2 Å². The number of piperidine rings is 1. The first kappa shape index (κ1) is 27.7. The molecule has 39 heavy (non-hydrogen) atoms. The Balaban J connectivity index is 1.32. The van der Waals surface area contributed by atoms with Crippen LogP contribution in [0.4, 0.5) is 30.2 Å². The maximum atomic E-state index is 12.9. The van der Waals surface area contributed by atoms with Crippen LogP contribution in [0.3, 0.4) is 0 Å². The van der Waals surface area contributed by atoms with E-state index in [1.54, 1.807) is 36.4 Å². The van der Waals surface area contributed by atoms with E-state index in [0.29, 0.717) is 22.9 Å². The van der Waals surface area contributed by atoms with Gasteiger partial charge in [0.25, 0.3) is 11.8 Å². The zero-order valence-electron chi connectivity index (χ0n) is 21.3. The van der Waals surface area contributed by atoms with Gasteiger partial charge in [-0.3, -0.25) is 14.4 Å². The normalized spacial score (nSPS) is 14.0. The van der Waals surface area contributed by atoms with E-state index in [-0.39, 0.29) is 29.6 Å². The Morgan fingerprint density at radius 1 is 0.821 bits per heavy atom. The fourth-order valence-electron chi connectivity index (χ4n) is 4.26. The predicted molar refractivity (Wildman–Crippen MR) is 144 cm³/mol. The lowest BCUT2D eigenvalue weighted by Gasteiger charge is -2.30. The van der Waals surface area contributed by atoms with Crippen molar-refractivity contribution in [3.8, 4) is 0 Å². The third-order valence-electron chi connectivity index (χ3n) is 6.49. The van der Waals surface area contributed by atoms with Gasteiger partial charge in [0.15, 0.2) is 0 Å². The second-order valence-corrected chi connectivity index (χ2v) is 9.57. The summed E-state index contributed by atoms with van der Waals surface area (Å²) in [6.07, 6.45) is -2.57. The van der Waals surface area contributed by atoms with E-state index in [9.17, 15) is 27.6 Å². The first-order valence-electron chi connectivity index (χ1n) is 12.6. The molecule has 0 atom stereocenters. The van der Waals surface area contributed by atoms with Gasteiger partial charge in [-0.05, 0) is 73.4 Å². The molecular formula is C29H29F3N4O3. The number of halogens is 3. The molecular weight excluding hydrogens is 509 g/mol. The lowest BCUT2D eigenvalue weighted by Crippen LogP contribution is -2.37. The summed E-state index contributed by atoms with van der Waals surface area (Å²) in [7, 11) is 0. The van der Waals surface area contributed by atoms with Crippen LogP contribution in [-0.4, -0.2) is 42.3 Å². The number of carbonyl (C=O) groups is 3. The molecule has 0 spiro atoms. The number of hydrogen-bond donors (Lipinski definition) is 3. The molecule has 204 valence electrons. The number of anilines is 3. The van der Waals surface area contributed by atoms with Crippen LogP contribution in [0.15, 0.2) is 72.8 Å². The van der Waals surface area contributed by atoms with E-state index in [1.165, 1.54) is 24.3 Å². The molecule has 1 heterocycles. The summed E-state index contributed by atoms with van der Waals surface area (Å²) in [6, 6.07) is 17.4. The molecule has 7 nitrogen and oxygen atoms in total. The van der Waals surface area contributed by atoms with E-state index >= 15 is 0 Å². The van der Waals surface area contributed by atoms with Crippen LogP contribution in [0, 0.1) is 5.92 Å². The van der Waals surface area contributed by atoms with Gasteiger partial charge in [-0.15, -0.1) is 0 Å². The van der Waals surface area contributed by atoms with Crippen molar-refractivity contribution in [1.29, 1.82) is 0 Å². The van der Waals surface area contributed by atoms with Gasteiger partial charge >= 0.3 is 6.18 Å². The lowest BCUT2D eigenvalue weighted by molar-refractivity contribution is -0.137. The van der Waals surface area contributed by atoms with E-state index in [0.717, 1.165) is 38.1 Å². The van der Waals surface area contributed by atoms with Crippen LogP contribution < -0.4 is 16.0 Å². The van der Waals surface area contributed by atoms with Crippen LogP contribution in [0.2, 0.25) is 0 Å². The highest BCUT2D eigenvalue weighted by atomic mass is 19.4. The van der Waals surface area contributed by atoms with Gasteiger partial charge in [-0.1, -0.05) is 25.1 Å². The van der Waals surface area contributed by atoms with Crippen molar-refractivity contribution < 1.29 is 27.6 Å². The Morgan fingerprint density at radius 3 is 2.10 bits per heavy atom. The van der Waals surface area contributed by atoms with Crippen LogP contribution in [-0.2, 0) is 11.0 Å². The van der Waals surface area contributed by atoms with Crippen LogP contribution in [0.25, 0.3) is 0 Å². The van der Waals surface area contributed by atoms with Crippen LogP contribution in [0.5, 0.6) is 0 Å².